The number of anilines is 1. The quantitative estimate of drug-likeness (QED) is 0.797. The zero-order valence-corrected chi connectivity index (χ0v) is 11.4. The summed E-state index contributed by atoms with van der Waals surface area (Å²) in [6.45, 7) is 2.68. The van der Waals surface area contributed by atoms with Crippen LogP contribution in [0.15, 0.2) is 24.3 Å². The predicted octanol–water partition coefficient (Wildman–Crippen LogP) is 0.662. The van der Waals surface area contributed by atoms with Crippen LogP contribution in [0.4, 0.5) is 5.69 Å². The zero-order chi connectivity index (χ0) is 13.8. The smallest absolute Gasteiger partial charge is 0.238 e. The molecule has 0 radical (unpaired) electrons. The first-order valence-corrected chi connectivity index (χ1v) is 7.68. The van der Waals surface area contributed by atoms with E-state index in [9.17, 15) is 13.2 Å². The zero-order valence-electron chi connectivity index (χ0n) is 10.6. The Morgan fingerprint density at radius 2 is 1.83 bits per heavy atom. The minimum absolute atomic E-state index is 0.378. The normalized spacial score (nSPS) is 11.2. The number of nitrogens with zero attached hydrogens (tertiary/aromatic N) is 1. The van der Waals surface area contributed by atoms with Gasteiger partial charge in [-0.15, -0.1) is 0 Å². The van der Waals surface area contributed by atoms with Gasteiger partial charge in [-0.2, -0.15) is 0 Å². The molecule has 0 saturated carbocycles. The summed E-state index contributed by atoms with van der Waals surface area (Å²) in [7, 11) is -3.29. The monoisotopic (exact) mass is 270 g/mol. The molecule has 0 aliphatic heterocycles. The molecule has 6 heteroatoms. The van der Waals surface area contributed by atoms with Gasteiger partial charge in [0.2, 0.25) is 5.91 Å². The van der Waals surface area contributed by atoms with Crippen molar-refractivity contribution in [2.45, 2.75) is 13.5 Å². The molecule has 0 unspecified atom stereocenters. The van der Waals surface area contributed by atoms with Crippen molar-refractivity contribution in [1.82, 2.24) is 4.90 Å². The van der Waals surface area contributed by atoms with E-state index in [1.165, 1.54) is 4.90 Å². The SMILES string of the molecule is CCN(Cc1ccc(N)cc1)C(=O)CS(C)(=O)=O. The van der Waals surface area contributed by atoms with Crippen molar-refractivity contribution >= 4 is 21.4 Å². The van der Waals surface area contributed by atoms with Crippen molar-refractivity contribution in [3.8, 4) is 0 Å². The van der Waals surface area contributed by atoms with E-state index >= 15 is 0 Å². The van der Waals surface area contributed by atoms with Crippen LogP contribution in [-0.4, -0.2) is 37.8 Å². The first-order chi connectivity index (χ1) is 8.31. The molecule has 18 heavy (non-hydrogen) atoms. The third-order valence-electron chi connectivity index (χ3n) is 2.47. The van der Waals surface area contributed by atoms with Crippen molar-refractivity contribution in [1.29, 1.82) is 0 Å². The molecule has 0 heterocycles. The number of benzene rings is 1. The third kappa shape index (κ3) is 4.75. The van der Waals surface area contributed by atoms with E-state index in [4.69, 9.17) is 5.73 Å². The van der Waals surface area contributed by atoms with Crippen LogP contribution in [-0.2, 0) is 21.2 Å². The van der Waals surface area contributed by atoms with Crippen LogP contribution in [0.3, 0.4) is 0 Å². The predicted molar refractivity (Wildman–Crippen MR) is 71.7 cm³/mol. The van der Waals surface area contributed by atoms with Gasteiger partial charge < -0.3 is 10.6 Å². The van der Waals surface area contributed by atoms with Gasteiger partial charge >= 0.3 is 0 Å². The minimum atomic E-state index is -3.29. The summed E-state index contributed by atoms with van der Waals surface area (Å²) in [5, 5.41) is 0. The summed E-state index contributed by atoms with van der Waals surface area (Å²) in [5.74, 6) is -0.827. The Hall–Kier alpha value is -1.56. The van der Waals surface area contributed by atoms with Gasteiger partial charge in [0, 0.05) is 25.0 Å². The third-order valence-corrected chi connectivity index (χ3v) is 3.24. The molecule has 0 aliphatic rings. The molecule has 0 aromatic heterocycles. The molecule has 1 aromatic rings. The van der Waals surface area contributed by atoms with E-state index in [1.807, 2.05) is 19.1 Å². The highest BCUT2D eigenvalue weighted by molar-refractivity contribution is 7.91. The Bertz CT molecular complexity index is 509. The lowest BCUT2D eigenvalue weighted by molar-refractivity contribution is -0.128. The summed E-state index contributed by atoms with van der Waals surface area (Å²) in [6.07, 6.45) is 1.06. The highest BCUT2D eigenvalue weighted by Crippen LogP contribution is 2.09. The first kappa shape index (κ1) is 14.5. The number of carbonyl (C=O) groups is 1. The molecule has 0 fully saturated rings. The fourth-order valence-corrected chi connectivity index (χ4v) is 2.17. The maximum atomic E-state index is 11.8. The summed E-state index contributed by atoms with van der Waals surface area (Å²) in [6, 6.07) is 7.16. The van der Waals surface area contributed by atoms with Gasteiger partial charge in [-0.25, -0.2) is 8.42 Å². The second-order valence-corrected chi connectivity index (χ2v) is 6.36. The van der Waals surface area contributed by atoms with Crippen molar-refractivity contribution in [3.05, 3.63) is 29.8 Å². The van der Waals surface area contributed by atoms with Crippen LogP contribution in [0.2, 0.25) is 0 Å². The molecule has 1 aromatic carbocycles. The largest absolute Gasteiger partial charge is 0.399 e. The molecule has 100 valence electrons. The van der Waals surface area contributed by atoms with E-state index in [2.05, 4.69) is 0 Å². The molecule has 0 bridgehead atoms. The van der Waals surface area contributed by atoms with E-state index in [1.54, 1.807) is 12.1 Å². The first-order valence-electron chi connectivity index (χ1n) is 5.61. The van der Waals surface area contributed by atoms with Gasteiger partial charge in [-0.05, 0) is 24.6 Å². The lowest BCUT2D eigenvalue weighted by Gasteiger charge is -2.20. The Balaban J connectivity index is 2.73. The number of amides is 1. The summed E-state index contributed by atoms with van der Waals surface area (Å²) in [5.41, 5.74) is 7.15. The molecule has 0 saturated heterocycles. The van der Waals surface area contributed by atoms with Crippen LogP contribution in [0.5, 0.6) is 0 Å². The maximum Gasteiger partial charge on any atom is 0.238 e. The maximum absolute atomic E-state index is 11.8. The fourth-order valence-electron chi connectivity index (χ4n) is 1.54. The molecular formula is C12H18N2O3S. The van der Waals surface area contributed by atoms with Crippen LogP contribution < -0.4 is 5.73 Å². The summed E-state index contributed by atoms with van der Waals surface area (Å²) >= 11 is 0. The highest BCUT2D eigenvalue weighted by Gasteiger charge is 2.17. The standard InChI is InChI=1S/C12H18N2O3S/c1-3-14(12(15)9-18(2,16)17)8-10-4-6-11(13)7-5-10/h4-7H,3,8-9,13H2,1-2H3. The molecule has 0 spiro atoms. The van der Waals surface area contributed by atoms with E-state index in [0.717, 1.165) is 11.8 Å². The fraction of sp³-hybridized carbons (Fsp3) is 0.417. The Labute approximate surface area is 108 Å². The van der Waals surface area contributed by atoms with Crippen LogP contribution >= 0.6 is 0 Å². The Kier molecular flexibility index (Phi) is 4.72. The number of rotatable bonds is 5. The van der Waals surface area contributed by atoms with Gasteiger partial charge in [0.15, 0.2) is 9.84 Å². The van der Waals surface area contributed by atoms with E-state index < -0.39 is 15.6 Å². The summed E-state index contributed by atoms with van der Waals surface area (Å²) in [4.78, 5) is 13.3. The van der Waals surface area contributed by atoms with Crippen molar-refractivity contribution in [2.24, 2.45) is 0 Å². The second kappa shape index (κ2) is 5.86. The topological polar surface area (TPSA) is 80.5 Å². The minimum Gasteiger partial charge on any atom is -0.399 e. The number of sulfone groups is 1. The molecule has 0 aliphatic carbocycles. The van der Waals surface area contributed by atoms with Crippen LogP contribution in [0.1, 0.15) is 12.5 Å². The number of nitrogen functional groups attached to an aromatic ring is 1. The number of hydrogen-bond donors (Lipinski definition) is 1. The molecule has 1 rings (SSSR count). The van der Waals surface area contributed by atoms with Gasteiger partial charge in [0.25, 0.3) is 0 Å². The molecule has 5 nitrogen and oxygen atoms in total. The van der Waals surface area contributed by atoms with Crippen molar-refractivity contribution in [3.63, 3.8) is 0 Å². The Morgan fingerprint density at radius 1 is 1.28 bits per heavy atom. The highest BCUT2D eigenvalue weighted by atomic mass is 32.2. The average molecular weight is 270 g/mol. The van der Waals surface area contributed by atoms with Gasteiger partial charge in [-0.3, -0.25) is 4.79 Å². The van der Waals surface area contributed by atoms with Crippen molar-refractivity contribution < 1.29 is 13.2 Å². The molecule has 0 atom stereocenters. The second-order valence-electron chi connectivity index (χ2n) is 4.22. The number of carbonyl (C=O) groups excluding carboxylic acids is 1. The Morgan fingerprint density at radius 3 is 2.28 bits per heavy atom. The van der Waals surface area contributed by atoms with Crippen molar-refractivity contribution in [2.75, 3.05) is 24.3 Å². The summed E-state index contributed by atoms with van der Waals surface area (Å²) < 4.78 is 22.2. The van der Waals surface area contributed by atoms with E-state index in [0.29, 0.717) is 18.8 Å². The lowest BCUT2D eigenvalue weighted by atomic mass is 10.2. The average Bonchev–Trinajstić information content (AvgIpc) is 2.25. The molecule has 1 amide bonds. The number of hydrogen-bond acceptors (Lipinski definition) is 4. The van der Waals surface area contributed by atoms with Gasteiger partial charge in [0.1, 0.15) is 5.75 Å². The molecule has 2 N–H and O–H groups in total. The van der Waals surface area contributed by atoms with Gasteiger partial charge in [0.05, 0.1) is 0 Å². The molecular weight excluding hydrogens is 252 g/mol. The van der Waals surface area contributed by atoms with E-state index in [-0.39, 0.29) is 5.91 Å². The lowest BCUT2D eigenvalue weighted by Crippen LogP contribution is -2.34. The van der Waals surface area contributed by atoms with Gasteiger partial charge in [-0.1, -0.05) is 12.1 Å². The van der Waals surface area contributed by atoms with Crippen LogP contribution in [0, 0.1) is 0 Å². The van der Waals surface area contributed by atoms with Crippen LogP contribution in [0.25, 0.3) is 0 Å². The number of nitrogens with two attached hydrogens (primary N) is 1.